The van der Waals surface area contributed by atoms with Crippen LogP contribution in [0.4, 0.5) is 0 Å². The fourth-order valence-electron chi connectivity index (χ4n) is 3.31. The van der Waals surface area contributed by atoms with Crippen molar-refractivity contribution >= 4 is 10.9 Å². The minimum Gasteiger partial charge on any atom is -0.358 e. The highest BCUT2D eigenvalue weighted by atomic mass is 14.7. The van der Waals surface area contributed by atoms with E-state index in [4.69, 9.17) is 5.73 Å². The van der Waals surface area contributed by atoms with Gasteiger partial charge in [0, 0.05) is 22.6 Å². The molecule has 102 valence electrons. The van der Waals surface area contributed by atoms with Gasteiger partial charge in [0.05, 0.1) is 0 Å². The molecule has 2 nitrogen and oxygen atoms in total. The lowest BCUT2D eigenvalue weighted by Crippen LogP contribution is -2.19. The Morgan fingerprint density at radius 3 is 2.74 bits per heavy atom. The summed E-state index contributed by atoms with van der Waals surface area (Å²) in [5, 5.41) is 1.43. The SMILES string of the molecule is CCC(N)CCc1c(C)[nH]c2cc3c(cc12)CCC3. The second kappa shape index (κ2) is 5.01. The van der Waals surface area contributed by atoms with Crippen molar-refractivity contribution < 1.29 is 0 Å². The van der Waals surface area contributed by atoms with Crippen molar-refractivity contribution in [2.75, 3.05) is 0 Å². The predicted octanol–water partition coefficient (Wildman–Crippen LogP) is 3.63. The molecule has 2 heteroatoms. The molecule has 1 aromatic heterocycles. The van der Waals surface area contributed by atoms with Crippen LogP contribution in [0.2, 0.25) is 0 Å². The Labute approximate surface area is 115 Å². The maximum atomic E-state index is 6.06. The number of hydrogen-bond donors (Lipinski definition) is 2. The third-order valence-corrected chi connectivity index (χ3v) is 4.62. The van der Waals surface area contributed by atoms with Gasteiger partial charge in [-0.1, -0.05) is 6.92 Å². The minimum absolute atomic E-state index is 0.332. The standard InChI is InChI=1S/C17H24N2/c1-3-14(18)7-8-15-11(2)19-17-10-13-6-4-5-12(13)9-16(15)17/h9-10,14,19H,3-8,18H2,1-2H3. The molecule has 0 amide bonds. The van der Waals surface area contributed by atoms with Crippen molar-refractivity contribution in [2.45, 2.75) is 58.4 Å². The molecule has 1 heterocycles. The molecule has 1 aliphatic rings. The minimum atomic E-state index is 0.332. The van der Waals surface area contributed by atoms with Crippen molar-refractivity contribution in [2.24, 2.45) is 5.73 Å². The molecule has 0 saturated heterocycles. The first-order valence-corrected chi connectivity index (χ1v) is 7.57. The van der Waals surface area contributed by atoms with E-state index in [1.165, 1.54) is 41.4 Å². The lowest BCUT2D eigenvalue weighted by atomic mass is 9.99. The molecule has 1 aromatic carbocycles. The molecule has 2 aromatic rings. The molecule has 1 aliphatic carbocycles. The fraction of sp³-hybridized carbons (Fsp3) is 0.529. The van der Waals surface area contributed by atoms with Gasteiger partial charge in [-0.2, -0.15) is 0 Å². The van der Waals surface area contributed by atoms with Gasteiger partial charge >= 0.3 is 0 Å². The van der Waals surface area contributed by atoms with Crippen molar-refractivity contribution in [3.05, 3.63) is 34.5 Å². The summed E-state index contributed by atoms with van der Waals surface area (Å²) in [6.45, 7) is 4.36. The number of aryl methyl sites for hydroxylation is 4. The zero-order valence-electron chi connectivity index (χ0n) is 12.1. The molecule has 3 rings (SSSR count). The normalized spacial score (nSPS) is 15.9. The Hall–Kier alpha value is -1.28. The summed E-state index contributed by atoms with van der Waals surface area (Å²) >= 11 is 0. The highest BCUT2D eigenvalue weighted by molar-refractivity contribution is 5.86. The Bertz CT molecular complexity index is 595. The number of nitrogens with one attached hydrogen (secondary N) is 1. The van der Waals surface area contributed by atoms with Gasteiger partial charge in [0.2, 0.25) is 0 Å². The quantitative estimate of drug-likeness (QED) is 0.861. The Balaban J connectivity index is 1.97. The van der Waals surface area contributed by atoms with E-state index in [9.17, 15) is 0 Å². The van der Waals surface area contributed by atoms with Crippen LogP contribution in [-0.2, 0) is 19.3 Å². The summed E-state index contributed by atoms with van der Waals surface area (Å²) < 4.78 is 0. The summed E-state index contributed by atoms with van der Waals surface area (Å²) in [6.07, 6.45) is 7.07. The summed E-state index contributed by atoms with van der Waals surface area (Å²) in [5.74, 6) is 0. The van der Waals surface area contributed by atoms with Gasteiger partial charge in [-0.15, -0.1) is 0 Å². The van der Waals surface area contributed by atoms with Crippen LogP contribution in [0.25, 0.3) is 10.9 Å². The molecule has 1 atom stereocenters. The molecule has 0 radical (unpaired) electrons. The highest BCUT2D eigenvalue weighted by Gasteiger charge is 2.16. The average Bonchev–Trinajstić information content (AvgIpc) is 2.96. The van der Waals surface area contributed by atoms with Crippen LogP contribution >= 0.6 is 0 Å². The molecular weight excluding hydrogens is 232 g/mol. The molecule has 3 N–H and O–H groups in total. The van der Waals surface area contributed by atoms with Gasteiger partial charge in [-0.3, -0.25) is 0 Å². The Morgan fingerprint density at radius 1 is 1.26 bits per heavy atom. The summed E-state index contributed by atoms with van der Waals surface area (Å²) in [5.41, 5.74) is 13.3. The van der Waals surface area contributed by atoms with E-state index in [0.717, 1.165) is 19.3 Å². The highest BCUT2D eigenvalue weighted by Crippen LogP contribution is 2.31. The fourth-order valence-corrected chi connectivity index (χ4v) is 3.31. The predicted molar refractivity (Wildman–Crippen MR) is 81.6 cm³/mol. The van der Waals surface area contributed by atoms with Crippen LogP contribution in [0.1, 0.15) is 48.6 Å². The van der Waals surface area contributed by atoms with Crippen LogP contribution in [0.5, 0.6) is 0 Å². The van der Waals surface area contributed by atoms with E-state index in [1.807, 2.05) is 0 Å². The molecule has 0 fully saturated rings. The van der Waals surface area contributed by atoms with Gasteiger partial charge in [-0.05, 0) is 74.3 Å². The van der Waals surface area contributed by atoms with E-state index in [2.05, 4.69) is 31.0 Å². The van der Waals surface area contributed by atoms with Gasteiger partial charge < -0.3 is 10.7 Å². The largest absolute Gasteiger partial charge is 0.358 e. The number of fused-ring (bicyclic) bond motifs is 2. The van der Waals surface area contributed by atoms with Gasteiger partial charge in [0.15, 0.2) is 0 Å². The summed E-state index contributed by atoms with van der Waals surface area (Å²) in [4.78, 5) is 3.56. The molecule has 0 spiro atoms. The van der Waals surface area contributed by atoms with Crippen LogP contribution in [-0.4, -0.2) is 11.0 Å². The monoisotopic (exact) mass is 256 g/mol. The van der Waals surface area contributed by atoms with E-state index in [-0.39, 0.29) is 0 Å². The second-order valence-electron chi connectivity index (χ2n) is 5.96. The molecule has 0 aliphatic heterocycles. The van der Waals surface area contributed by atoms with Crippen molar-refractivity contribution in [3.63, 3.8) is 0 Å². The van der Waals surface area contributed by atoms with Crippen LogP contribution in [0, 0.1) is 6.92 Å². The summed E-state index contributed by atoms with van der Waals surface area (Å²) in [7, 11) is 0. The Kier molecular flexibility index (Phi) is 3.36. The van der Waals surface area contributed by atoms with E-state index >= 15 is 0 Å². The van der Waals surface area contributed by atoms with Crippen LogP contribution in [0.3, 0.4) is 0 Å². The lowest BCUT2D eigenvalue weighted by molar-refractivity contribution is 0.596. The number of nitrogens with two attached hydrogens (primary N) is 1. The first-order chi connectivity index (χ1) is 9.19. The molecule has 0 saturated carbocycles. The average molecular weight is 256 g/mol. The third kappa shape index (κ3) is 2.30. The topological polar surface area (TPSA) is 41.8 Å². The summed E-state index contributed by atoms with van der Waals surface area (Å²) in [6, 6.07) is 5.13. The zero-order valence-corrected chi connectivity index (χ0v) is 12.1. The first kappa shape index (κ1) is 12.7. The van der Waals surface area contributed by atoms with Crippen molar-refractivity contribution in [3.8, 4) is 0 Å². The maximum absolute atomic E-state index is 6.06. The van der Waals surface area contributed by atoms with Gasteiger partial charge in [0.1, 0.15) is 0 Å². The molecule has 1 unspecified atom stereocenters. The van der Waals surface area contributed by atoms with E-state index < -0.39 is 0 Å². The lowest BCUT2D eigenvalue weighted by Gasteiger charge is -2.08. The third-order valence-electron chi connectivity index (χ3n) is 4.62. The van der Waals surface area contributed by atoms with Gasteiger partial charge in [-0.25, -0.2) is 0 Å². The first-order valence-electron chi connectivity index (χ1n) is 7.57. The number of rotatable bonds is 4. The molecule has 0 bridgehead atoms. The Morgan fingerprint density at radius 2 is 2.00 bits per heavy atom. The second-order valence-corrected chi connectivity index (χ2v) is 5.96. The zero-order chi connectivity index (χ0) is 13.4. The number of benzene rings is 1. The number of aromatic amines is 1. The molecule has 19 heavy (non-hydrogen) atoms. The van der Waals surface area contributed by atoms with E-state index in [1.54, 1.807) is 11.1 Å². The number of hydrogen-bond acceptors (Lipinski definition) is 1. The maximum Gasteiger partial charge on any atom is 0.0461 e. The number of H-pyrrole nitrogens is 1. The smallest absolute Gasteiger partial charge is 0.0461 e. The van der Waals surface area contributed by atoms with E-state index in [0.29, 0.717) is 6.04 Å². The number of aromatic nitrogens is 1. The van der Waals surface area contributed by atoms with Crippen LogP contribution < -0.4 is 5.73 Å². The van der Waals surface area contributed by atoms with Crippen LogP contribution in [0.15, 0.2) is 12.1 Å². The van der Waals surface area contributed by atoms with Crippen molar-refractivity contribution in [1.29, 1.82) is 0 Å². The van der Waals surface area contributed by atoms with Crippen molar-refractivity contribution in [1.82, 2.24) is 4.98 Å². The van der Waals surface area contributed by atoms with Gasteiger partial charge in [0.25, 0.3) is 0 Å². The molecular formula is C17H24N2.